The summed E-state index contributed by atoms with van der Waals surface area (Å²) in [5.41, 5.74) is 0.843. The maximum atomic E-state index is 9.37. The maximum absolute atomic E-state index is 9.37. The normalized spacial score (nSPS) is 18.3. The fourth-order valence-electron chi connectivity index (χ4n) is 1.51. The van der Waals surface area contributed by atoms with Crippen LogP contribution in [0.15, 0.2) is 18.2 Å². The SMILES string of the molecule is CC(O)C(Cl)c1ccc2c(c1)OCCO2. The summed E-state index contributed by atoms with van der Waals surface area (Å²) in [6.45, 7) is 2.79. The largest absolute Gasteiger partial charge is 0.486 e. The van der Waals surface area contributed by atoms with E-state index in [2.05, 4.69) is 0 Å². The van der Waals surface area contributed by atoms with Crippen LogP contribution in [-0.4, -0.2) is 24.4 Å². The van der Waals surface area contributed by atoms with Gasteiger partial charge in [0.25, 0.3) is 0 Å². The quantitative estimate of drug-likeness (QED) is 0.788. The van der Waals surface area contributed by atoms with E-state index in [1.165, 1.54) is 0 Å². The molecule has 1 aromatic rings. The van der Waals surface area contributed by atoms with Gasteiger partial charge in [0.2, 0.25) is 0 Å². The molecule has 0 amide bonds. The van der Waals surface area contributed by atoms with Crippen LogP contribution in [0.3, 0.4) is 0 Å². The molecule has 0 fully saturated rings. The molecule has 4 heteroatoms. The molecule has 1 heterocycles. The number of rotatable bonds is 2. The molecule has 15 heavy (non-hydrogen) atoms. The molecular weight excluding hydrogens is 216 g/mol. The van der Waals surface area contributed by atoms with Gasteiger partial charge in [-0.2, -0.15) is 0 Å². The Balaban J connectivity index is 2.27. The van der Waals surface area contributed by atoms with Crippen LogP contribution in [0.5, 0.6) is 11.5 Å². The molecule has 2 rings (SSSR count). The molecule has 0 bridgehead atoms. The third kappa shape index (κ3) is 2.19. The second-order valence-electron chi connectivity index (χ2n) is 3.55. The van der Waals surface area contributed by atoms with E-state index in [0.29, 0.717) is 19.0 Å². The number of benzene rings is 1. The Morgan fingerprint density at radius 2 is 1.93 bits per heavy atom. The fourth-order valence-corrected chi connectivity index (χ4v) is 1.65. The van der Waals surface area contributed by atoms with Gasteiger partial charge in [0, 0.05) is 0 Å². The molecule has 1 aliphatic rings. The maximum Gasteiger partial charge on any atom is 0.161 e. The highest BCUT2D eigenvalue weighted by molar-refractivity contribution is 6.21. The monoisotopic (exact) mass is 228 g/mol. The van der Waals surface area contributed by atoms with Crippen molar-refractivity contribution in [2.75, 3.05) is 13.2 Å². The molecule has 1 aliphatic heterocycles. The average molecular weight is 229 g/mol. The van der Waals surface area contributed by atoms with Gasteiger partial charge >= 0.3 is 0 Å². The summed E-state index contributed by atoms with van der Waals surface area (Å²) >= 11 is 6.04. The van der Waals surface area contributed by atoms with Gasteiger partial charge in [-0.15, -0.1) is 11.6 Å². The Bertz CT molecular complexity index is 352. The minimum atomic E-state index is -0.589. The average Bonchev–Trinajstić information content (AvgIpc) is 2.27. The van der Waals surface area contributed by atoms with Gasteiger partial charge in [-0.05, 0) is 24.6 Å². The van der Waals surface area contributed by atoms with Crippen molar-refractivity contribution in [1.82, 2.24) is 0 Å². The van der Waals surface area contributed by atoms with E-state index < -0.39 is 11.5 Å². The van der Waals surface area contributed by atoms with Crippen molar-refractivity contribution in [3.05, 3.63) is 23.8 Å². The molecule has 2 unspecified atom stereocenters. The molecule has 0 radical (unpaired) electrons. The van der Waals surface area contributed by atoms with Crippen LogP contribution in [0.2, 0.25) is 0 Å². The molecule has 0 spiro atoms. The lowest BCUT2D eigenvalue weighted by Crippen LogP contribution is -2.16. The zero-order valence-electron chi connectivity index (χ0n) is 8.44. The molecule has 0 saturated heterocycles. The van der Waals surface area contributed by atoms with Crippen molar-refractivity contribution >= 4 is 11.6 Å². The third-order valence-electron chi connectivity index (χ3n) is 2.31. The minimum Gasteiger partial charge on any atom is -0.486 e. The number of hydrogen-bond donors (Lipinski definition) is 1. The van der Waals surface area contributed by atoms with Crippen molar-refractivity contribution in [2.45, 2.75) is 18.4 Å². The Kier molecular flexibility index (Phi) is 3.03. The van der Waals surface area contributed by atoms with E-state index in [4.69, 9.17) is 21.1 Å². The molecular formula is C11H13ClO3. The highest BCUT2D eigenvalue weighted by Crippen LogP contribution is 2.35. The summed E-state index contributed by atoms with van der Waals surface area (Å²) in [7, 11) is 0. The molecule has 1 N–H and O–H groups in total. The van der Waals surface area contributed by atoms with Crippen LogP contribution in [0.1, 0.15) is 17.9 Å². The first kappa shape index (κ1) is 10.6. The molecule has 0 saturated carbocycles. The van der Waals surface area contributed by atoms with Crippen molar-refractivity contribution in [3.63, 3.8) is 0 Å². The summed E-state index contributed by atoms with van der Waals surface area (Å²) in [5.74, 6) is 1.43. The van der Waals surface area contributed by atoms with Gasteiger partial charge in [0.05, 0.1) is 11.5 Å². The zero-order valence-corrected chi connectivity index (χ0v) is 9.20. The van der Waals surface area contributed by atoms with Gasteiger partial charge in [-0.1, -0.05) is 6.07 Å². The lowest BCUT2D eigenvalue weighted by atomic mass is 10.1. The molecule has 3 nitrogen and oxygen atoms in total. The first-order valence-corrected chi connectivity index (χ1v) is 5.34. The molecule has 0 aliphatic carbocycles. The third-order valence-corrected chi connectivity index (χ3v) is 2.92. The van der Waals surface area contributed by atoms with E-state index in [-0.39, 0.29) is 0 Å². The molecule has 2 atom stereocenters. The smallest absolute Gasteiger partial charge is 0.161 e. The molecule has 0 aromatic heterocycles. The number of halogens is 1. The second-order valence-corrected chi connectivity index (χ2v) is 4.02. The Hall–Kier alpha value is -0.930. The lowest BCUT2D eigenvalue weighted by Gasteiger charge is -2.20. The van der Waals surface area contributed by atoms with Gasteiger partial charge in [0.15, 0.2) is 11.5 Å². The van der Waals surface area contributed by atoms with Crippen LogP contribution >= 0.6 is 11.6 Å². The first-order chi connectivity index (χ1) is 7.18. The van der Waals surface area contributed by atoms with Crippen molar-refractivity contribution in [3.8, 4) is 11.5 Å². The van der Waals surface area contributed by atoms with E-state index in [1.54, 1.807) is 6.92 Å². The Labute approximate surface area is 93.6 Å². The highest BCUT2D eigenvalue weighted by Gasteiger charge is 2.18. The number of ether oxygens (including phenoxy) is 2. The number of fused-ring (bicyclic) bond motifs is 1. The van der Waals surface area contributed by atoms with Crippen molar-refractivity contribution < 1.29 is 14.6 Å². The van der Waals surface area contributed by atoms with E-state index in [1.807, 2.05) is 18.2 Å². The Morgan fingerprint density at radius 1 is 1.27 bits per heavy atom. The molecule has 1 aromatic carbocycles. The minimum absolute atomic E-state index is 0.416. The van der Waals surface area contributed by atoms with Gasteiger partial charge < -0.3 is 14.6 Å². The van der Waals surface area contributed by atoms with Crippen molar-refractivity contribution in [2.24, 2.45) is 0 Å². The molecule has 82 valence electrons. The summed E-state index contributed by atoms with van der Waals surface area (Å²) in [5, 5.41) is 8.96. The highest BCUT2D eigenvalue weighted by atomic mass is 35.5. The number of alkyl halides is 1. The van der Waals surface area contributed by atoms with Gasteiger partial charge in [0.1, 0.15) is 13.2 Å². The first-order valence-electron chi connectivity index (χ1n) is 4.90. The lowest BCUT2D eigenvalue weighted by molar-refractivity contribution is 0.170. The summed E-state index contributed by atoms with van der Waals surface area (Å²) in [6.07, 6.45) is -0.589. The van der Waals surface area contributed by atoms with Gasteiger partial charge in [-0.3, -0.25) is 0 Å². The number of aliphatic hydroxyl groups excluding tert-OH is 1. The zero-order chi connectivity index (χ0) is 10.8. The standard InChI is InChI=1S/C11H13ClO3/c1-7(13)11(12)8-2-3-9-10(6-8)15-5-4-14-9/h2-3,6-7,11,13H,4-5H2,1H3. The van der Waals surface area contributed by atoms with Crippen LogP contribution in [0.25, 0.3) is 0 Å². The van der Waals surface area contributed by atoms with Crippen LogP contribution in [-0.2, 0) is 0 Å². The van der Waals surface area contributed by atoms with Crippen LogP contribution < -0.4 is 9.47 Å². The predicted octanol–water partition coefficient (Wildman–Crippen LogP) is 2.12. The van der Waals surface area contributed by atoms with Crippen LogP contribution in [0.4, 0.5) is 0 Å². The van der Waals surface area contributed by atoms with E-state index in [9.17, 15) is 5.11 Å². The predicted molar refractivity (Wildman–Crippen MR) is 57.7 cm³/mol. The summed E-state index contributed by atoms with van der Waals surface area (Å²) in [6, 6.07) is 5.48. The van der Waals surface area contributed by atoms with Crippen LogP contribution in [0, 0.1) is 0 Å². The fraction of sp³-hybridized carbons (Fsp3) is 0.455. The second kappa shape index (κ2) is 4.29. The summed E-state index contributed by atoms with van der Waals surface area (Å²) in [4.78, 5) is 0. The van der Waals surface area contributed by atoms with Gasteiger partial charge in [-0.25, -0.2) is 0 Å². The van der Waals surface area contributed by atoms with Crippen molar-refractivity contribution in [1.29, 1.82) is 0 Å². The number of aliphatic hydroxyl groups is 1. The summed E-state index contributed by atoms with van der Waals surface area (Å²) < 4.78 is 10.8. The number of hydrogen-bond acceptors (Lipinski definition) is 3. The Morgan fingerprint density at radius 3 is 2.60 bits per heavy atom. The topological polar surface area (TPSA) is 38.7 Å². The van der Waals surface area contributed by atoms with E-state index in [0.717, 1.165) is 11.3 Å². The van der Waals surface area contributed by atoms with E-state index >= 15 is 0 Å².